The van der Waals surface area contributed by atoms with Gasteiger partial charge in [0.05, 0.1) is 11.3 Å². The molecule has 1 aliphatic carbocycles. The molecule has 1 aliphatic rings. The van der Waals surface area contributed by atoms with Gasteiger partial charge in [-0.3, -0.25) is 4.79 Å². The Kier molecular flexibility index (Phi) is 2.77. The standard InChI is InChI=1S/C10H10N2O2S/c13-8-4-7(5-8)12-3-1-2-9(10(12)14)11-6-15/h1-3,7-8,13H,4-5H2. The third-order valence-electron chi connectivity index (χ3n) is 2.60. The summed E-state index contributed by atoms with van der Waals surface area (Å²) in [7, 11) is 0. The zero-order valence-corrected chi connectivity index (χ0v) is 8.78. The van der Waals surface area contributed by atoms with E-state index in [1.807, 2.05) is 0 Å². The number of hydrogen-bond acceptors (Lipinski definition) is 4. The van der Waals surface area contributed by atoms with Crippen molar-refractivity contribution >= 4 is 23.1 Å². The number of aliphatic imine (C=N–C) groups is 1. The highest BCUT2D eigenvalue weighted by atomic mass is 32.1. The number of aliphatic hydroxyl groups excluding tert-OH is 1. The van der Waals surface area contributed by atoms with Crippen LogP contribution in [0.2, 0.25) is 0 Å². The van der Waals surface area contributed by atoms with Crippen molar-refractivity contribution in [1.82, 2.24) is 4.57 Å². The summed E-state index contributed by atoms with van der Waals surface area (Å²) in [6.07, 6.45) is 2.69. The highest BCUT2D eigenvalue weighted by Gasteiger charge is 2.29. The number of aromatic nitrogens is 1. The smallest absolute Gasteiger partial charge is 0.277 e. The molecule has 1 saturated carbocycles. The second-order valence-corrected chi connectivity index (χ2v) is 3.77. The van der Waals surface area contributed by atoms with Crippen LogP contribution in [0.5, 0.6) is 0 Å². The predicted molar refractivity (Wildman–Crippen MR) is 59.7 cm³/mol. The molecule has 0 bridgehead atoms. The first-order valence-electron chi connectivity index (χ1n) is 4.69. The van der Waals surface area contributed by atoms with Crippen LogP contribution < -0.4 is 5.56 Å². The van der Waals surface area contributed by atoms with Gasteiger partial charge in [0, 0.05) is 12.2 Å². The SMILES string of the molecule is O=c1c(N=C=S)cccn1C1CC(O)C1. The van der Waals surface area contributed by atoms with E-state index in [-0.39, 0.29) is 17.7 Å². The van der Waals surface area contributed by atoms with Gasteiger partial charge in [0.25, 0.3) is 5.56 Å². The van der Waals surface area contributed by atoms with E-state index in [2.05, 4.69) is 22.4 Å². The van der Waals surface area contributed by atoms with Crippen LogP contribution in [0.15, 0.2) is 28.1 Å². The lowest BCUT2D eigenvalue weighted by molar-refractivity contribution is 0.0472. The third kappa shape index (κ3) is 1.90. The van der Waals surface area contributed by atoms with Gasteiger partial charge in [-0.25, -0.2) is 0 Å². The average Bonchev–Trinajstić information content (AvgIpc) is 2.17. The molecule has 2 rings (SSSR count). The summed E-state index contributed by atoms with van der Waals surface area (Å²) < 4.78 is 1.60. The van der Waals surface area contributed by atoms with Crippen LogP contribution in [0.4, 0.5) is 5.69 Å². The molecule has 1 aromatic heterocycles. The molecule has 0 saturated heterocycles. The quantitative estimate of drug-likeness (QED) is 0.605. The van der Waals surface area contributed by atoms with Gasteiger partial charge in [0.1, 0.15) is 5.69 Å². The minimum atomic E-state index is -0.278. The zero-order chi connectivity index (χ0) is 10.8. The molecule has 1 aromatic rings. The van der Waals surface area contributed by atoms with Crippen LogP contribution in [0.25, 0.3) is 0 Å². The van der Waals surface area contributed by atoms with E-state index in [4.69, 9.17) is 0 Å². The molecule has 1 N–H and O–H groups in total. The Morgan fingerprint density at radius 2 is 2.33 bits per heavy atom. The summed E-state index contributed by atoms with van der Waals surface area (Å²) in [6.45, 7) is 0. The number of pyridine rings is 1. The summed E-state index contributed by atoms with van der Waals surface area (Å²) in [5.74, 6) is 0. The Hall–Kier alpha value is -1.29. The molecule has 78 valence electrons. The van der Waals surface area contributed by atoms with E-state index in [1.54, 1.807) is 22.9 Å². The number of hydrogen-bond donors (Lipinski definition) is 1. The van der Waals surface area contributed by atoms with E-state index in [1.165, 1.54) is 0 Å². The second-order valence-electron chi connectivity index (χ2n) is 3.59. The van der Waals surface area contributed by atoms with Gasteiger partial charge in [0.2, 0.25) is 0 Å². The van der Waals surface area contributed by atoms with Crippen molar-refractivity contribution in [3.8, 4) is 0 Å². The van der Waals surface area contributed by atoms with Crippen molar-refractivity contribution in [3.05, 3.63) is 28.7 Å². The van der Waals surface area contributed by atoms with E-state index < -0.39 is 0 Å². The minimum absolute atomic E-state index is 0.0905. The summed E-state index contributed by atoms with van der Waals surface area (Å²) in [5.41, 5.74) is 0.126. The highest BCUT2D eigenvalue weighted by molar-refractivity contribution is 7.78. The molecule has 5 heteroatoms. The maximum atomic E-state index is 11.8. The lowest BCUT2D eigenvalue weighted by atomic mass is 9.89. The Morgan fingerprint density at radius 1 is 1.60 bits per heavy atom. The van der Waals surface area contributed by atoms with Crippen molar-refractivity contribution in [3.63, 3.8) is 0 Å². The third-order valence-corrected chi connectivity index (χ3v) is 2.69. The van der Waals surface area contributed by atoms with Gasteiger partial charge < -0.3 is 9.67 Å². The first kappa shape index (κ1) is 10.2. The first-order chi connectivity index (χ1) is 7.22. The van der Waals surface area contributed by atoms with Gasteiger partial charge in [-0.1, -0.05) is 0 Å². The molecule has 0 spiro atoms. The fraction of sp³-hybridized carbons (Fsp3) is 0.400. The first-order valence-corrected chi connectivity index (χ1v) is 5.10. The van der Waals surface area contributed by atoms with Crippen LogP contribution in [-0.4, -0.2) is 20.9 Å². The molecular weight excluding hydrogens is 212 g/mol. The van der Waals surface area contributed by atoms with Gasteiger partial charge in [-0.05, 0) is 37.2 Å². The van der Waals surface area contributed by atoms with Crippen LogP contribution in [-0.2, 0) is 0 Å². The van der Waals surface area contributed by atoms with Gasteiger partial charge >= 0.3 is 0 Å². The lowest BCUT2D eigenvalue weighted by Crippen LogP contribution is -2.36. The number of thiocarbonyl (C=S) groups is 1. The van der Waals surface area contributed by atoms with Crippen LogP contribution >= 0.6 is 12.2 Å². The van der Waals surface area contributed by atoms with Crippen LogP contribution in [0.1, 0.15) is 18.9 Å². The van der Waals surface area contributed by atoms with Crippen LogP contribution in [0.3, 0.4) is 0 Å². The predicted octanol–water partition coefficient (Wildman–Crippen LogP) is 1.28. The van der Waals surface area contributed by atoms with Crippen molar-refractivity contribution in [2.45, 2.75) is 25.0 Å². The Balaban J connectivity index is 2.36. The van der Waals surface area contributed by atoms with Gasteiger partial charge in [-0.15, -0.1) is 0 Å². The molecule has 1 heterocycles. The topological polar surface area (TPSA) is 54.6 Å². The van der Waals surface area contributed by atoms with Crippen molar-refractivity contribution in [2.75, 3.05) is 0 Å². The number of aliphatic hydroxyl groups is 1. The maximum absolute atomic E-state index is 11.8. The fourth-order valence-electron chi connectivity index (χ4n) is 1.71. The lowest BCUT2D eigenvalue weighted by Gasteiger charge is -2.32. The average molecular weight is 222 g/mol. The zero-order valence-electron chi connectivity index (χ0n) is 7.96. The molecule has 0 amide bonds. The van der Waals surface area contributed by atoms with Crippen molar-refractivity contribution in [2.24, 2.45) is 4.99 Å². The van der Waals surface area contributed by atoms with E-state index >= 15 is 0 Å². The molecule has 0 unspecified atom stereocenters. The minimum Gasteiger partial charge on any atom is -0.393 e. The fourth-order valence-corrected chi connectivity index (χ4v) is 1.80. The summed E-state index contributed by atoms with van der Waals surface area (Å²) in [5, 5.41) is 11.4. The molecule has 0 radical (unpaired) electrons. The maximum Gasteiger partial charge on any atom is 0.277 e. The molecule has 0 aliphatic heterocycles. The number of isothiocyanates is 1. The Labute approximate surface area is 91.9 Å². The molecule has 1 fully saturated rings. The van der Waals surface area contributed by atoms with E-state index in [0.717, 1.165) is 0 Å². The molecule has 4 nitrogen and oxygen atoms in total. The van der Waals surface area contributed by atoms with E-state index in [9.17, 15) is 9.90 Å². The molecule has 15 heavy (non-hydrogen) atoms. The summed E-state index contributed by atoms with van der Waals surface area (Å²) in [6, 6.07) is 3.44. The normalized spacial score (nSPS) is 24.1. The van der Waals surface area contributed by atoms with Crippen LogP contribution in [0, 0.1) is 0 Å². The Morgan fingerprint density at radius 3 is 2.93 bits per heavy atom. The molecule has 0 aromatic carbocycles. The Bertz CT molecular complexity index is 471. The molecule has 0 atom stereocenters. The summed E-state index contributed by atoms with van der Waals surface area (Å²) >= 11 is 4.46. The van der Waals surface area contributed by atoms with Crippen molar-refractivity contribution in [1.29, 1.82) is 0 Å². The monoisotopic (exact) mass is 222 g/mol. The summed E-state index contributed by atoms with van der Waals surface area (Å²) in [4.78, 5) is 15.5. The van der Waals surface area contributed by atoms with Gasteiger partial charge in [-0.2, -0.15) is 4.99 Å². The largest absolute Gasteiger partial charge is 0.393 e. The number of rotatable bonds is 2. The van der Waals surface area contributed by atoms with Gasteiger partial charge in [0.15, 0.2) is 0 Å². The molecular formula is C10H10N2O2S. The highest BCUT2D eigenvalue weighted by Crippen LogP contribution is 2.30. The van der Waals surface area contributed by atoms with Crippen molar-refractivity contribution < 1.29 is 5.11 Å². The second kappa shape index (κ2) is 4.06. The number of nitrogens with zero attached hydrogens (tertiary/aromatic N) is 2. The van der Waals surface area contributed by atoms with E-state index in [0.29, 0.717) is 18.5 Å².